The number of carbonyl (C=O) groups is 2. The van der Waals surface area contributed by atoms with Gasteiger partial charge in [0.1, 0.15) is 5.82 Å². The van der Waals surface area contributed by atoms with Gasteiger partial charge < -0.3 is 15.6 Å². The molecule has 0 aliphatic heterocycles. The SMILES string of the molecule is Cc1c[nH]c(=O)n1-c1ccc(C(=O)NCCNC(=O)Cc2ccc(F)cc2)cc1. The molecule has 0 aliphatic carbocycles. The fourth-order valence-electron chi connectivity index (χ4n) is 2.87. The summed E-state index contributed by atoms with van der Waals surface area (Å²) in [5, 5.41) is 5.43. The molecule has 0 spiro atoms. The molecule has 0 fully saturated rings. The number of halogens is 1. The third kappa shape index (κ3) is 5.19. The summed E-state index contributed by atoms with van der Waals surface area (Å²) in [6, 6.07) is 12.4. The number of aromatic nitrogens is 2. The van der Waals surface area contributed by atoms with Gasteiger partial charge in [0.2, 0.25) is 5.91 Å². The Morgan fingerprint density at radius 1 is 1.00 bits per heavy atom. The Labute approximate surface area is 166 Å². The van der Waals surface area contributed by atoms with E-state index < -0.39 is 0 Å². The molecule has 150 valence electrons. The molecular weight excluding hydrogens is 375 g/mol. The maximum Gasteiger partial charge on any atom is 0.330 e. The van der Waals surface area contributed by atoms with Crippen LogP contribution < -0.4 is 16.3 Å². The second-order valence-electron chi connectivity index (χ2n) is 6.53. The number of aromatic amines is 1. The monoisotopic (exact) mass is 396 g/mol. The van der Waals surface area contributed by atoms with Gasteiger partial charge in [0.05, 0.1) is 12.1 Å². The van der Waals surface area contributed by atoms with Crippen LogP contribution >= 0.6 is 0 Å². The molecule has 3 N–H and O–H groups in total. The van der Waals surface area contributed by atoms with E-state index in [4.69, 9.17) is 0 Å². The lowest BCUT2D eigenvalue weighted by molar-refractivity contribution is -0.120. The number of hydrogen-bond acceptors (Lipinski definition) is 3. The van der Waals surface area contributed by atoms with Crippen molar-refractivity contribution in [2.45, 2.75) is 13.3 Å². The van der Waals surface area contributed by atoms with Crippen LogP contribution in [0.25, 0.3) is 5.69 Å². The second kappa shape index (κ2) is 9.01. The molecular formula is C21H21FN4O3. The van der Waals surface area contributed by atoms with E-state index in [0.29, 0.717) is 16.8 Å². The molecule has 0 saturated heterocycles. The molecule has 3 rings (SSSR count). The smallest absolute Gasteiger partial charge is 0.330 e. The minimum absolute atomic E-state index is 0.146. The first kappa shape index (κ1) is 20.1. The molecule has 8 heteroatoms. The van der Waals surface area contributed by atoms with E-state index in [0.717, 1.165) is 5.69 Å². The van der Waals surface area contributed by atoms with Crippen LogP contribution in [0.1, 0.15) is 21.6 Å². The zero-order valence-corrected chi connectivity index (χ0v) is 15.9. The Kier molecular flexibility index (Phi) is 6.23. The summed E-state index contributed by atoms with van der Waals surface area (Å²) in [7, 11) is 0. The summed E-state index contributed by atoms with van der Waals surface area (Å²) in [6.07, 6.45) is 1.76. The summed E-state index contributed by atoms with van der Waals surface area (Å²) >= 11 is 0. The second-order valence-corrected chi connectivity index (χ2v) is 6.53. The number of rotatable bonds is 7. The van der Waals surface area contributed by atoms with Gasteiger partial charge in [-0.15, -0.1) is 0 Å². The Bertz CT molecular complexity index is 1050. The first-order chi connectivity index (χ1) is 13.9. The van der Waals surface area contributed by atoms with Crippen LogP contribution in [0.2, 0.25) is 0 Å². The van der Waals surface area contributed by atoms with E-state index in [9.17, 15) is 18.8 Å². The van der Waals surface area contributed by atoms with Gasteiger partial charge in [-0.3, -0.25) is 14.2 Å². The number of nitrogens with zero attached hydrogens (tertiary/aromatic N) is 1. The van der Waals surface area contributed by atoms with Gasteiger partial charge in [0.25, 0.3) is 5.91 Å². The highest BCUT2D eigenvalue weighted by Crippen LogP contribution is 2.10. The first-order valence-electron chi connectivity index (χ1n) is 9.11. The number of hydrogen-bond donors (Lipinski definition) is 3. The average molecular weight is 396 g/mol. The van der Waals surface area contributed by atoms with Crippen molar-refractivity contribution in [2.75, 3.05) is 13.1 Å². The lowest BCUT2D eigenvalue weighted by Gasteiger charge is -2.09. The van der Waals surface area contributed by atoms with Gasteiger partial charge in [0.15, 0.2) is 0 Å². The highest BCUT2D eigenvalue weighted by Gasteiger charge is 2.09. The highest BCUT2D eigenvalue weighted by molar-refractivity contribution is 5.94. The van der Waals surface area contributed by atoms with Crippen LogP contribution in [-0.2, 0) is 11.2 Å². The number of carbonyl (C=O) groups excluding carboxylic acids is 2. The molecule has 0 saturated carbocycles. The van der Waals surface area contributed by atoms with Gasteiger partial charge in [-0.2, -0.15) is 0 Å². The number of imidazole rings is 1. The number of benzene rings is 2. The van der Waals surface area contributed by atoms with E-state index in [-0.39, 0.29) is 42.8 Å². The van der Waals surface area contributed by atoms with Crippen LogP contribution in [0.15, 0.2) is 59.5 Å². The molecule has 2 amide bonds. The molecule has 1 heterocycles. The Morgan fingerprint density at radius 3 is 2.28 bits per heavy atom. The lowest BCUT2D eigenvalue weighted by atomic mass is 10.1. The average Bonchev–Trinajstić information content (AvgIpc) is 3.05. The zero-order chi connectivity index (χ0) is 20.8. The molecule has 29 heavy (non-hydrogen) atoms. The Hall–Kier alpha value is -3.68. The normalized spacial score (nSPS) is 10.6. The van der Waals surface area contributed by atoms with Crippen molar-refractivity contribution in [3.05, 3.63) is 87.9 Å². The van der Waals surface area contributed by atoms with Crippen molar-refractivity contribution in [1.29, 1.82) is 0 Å². The highest BCUT2D eigenvalue weighted by atomic mass is 19.1. The third-order valence-electron chi connectivity index (χ3n) is 4.36. The maximum absolute atomic E-state index is 12.9. The van der Waals surface area contributed by atoms with Crippen LogP contribution in [0, 0.1) is 12.7 Å². The molecule has 0 aliphatic rings. The molecule has 3 aromatic rings. The molecule has 0 unspecified atom stereocenters. The summed E-state index contributed by atoms with van der Waals surface area (Å²) in [5.74, 6) is -0.829. The maximum atomic E-state index is 12.9. The number of aryl methyl sites for hydroxylation is 1. The summed E-state index contributed by atoms with van der Waals surface area (Å²) in [5.41, 5.74) is 2.36. The summed E-state index contributed by atoms with van der Waals surface area (Å²) < 4.78 is 14.4. The lowest BCUT2D eigenvalue weighted by Crippen LogP contribution is -2.35. The van der Waals surface area contributed by atoms with Gasteiger partial charge in [-0.1, -0.05) is 12.1 Å². The van der Waals surface area contributed by atoms with Crippen molar-refractivity contribution in [2.24, 2.45) is 0 Å². The van der Waals surface area contributed by atoms with Crippen LogP contribution in [0.4, 0.5) is 4.39 Å². The number of H-pyrrole nitrogens is 1. The van der Waals surface area contributed by atoms with Gasteiger partial charge in [0, 0.05) is 30.5 Å². The van der Waals surface area contributed by atoms with E-state index in [1.54, 1.807) is 42.6 Å². The number of nitrogens with one attached hydrogen (secondary N) is 3. The minimum Gasteiger partial charge on any atom is -0.354 e. The van der Waals surface area contributed by atoms with Crippen molar-refractivity contribution in [1.82, 2.24) is 20.2 Å². The van der Waals surface area contributed by atoms with Crippen LogP contribution in [-0.4, -0.2) is 34.5 Å². The van der Waals surface area contributed by atoms with E-state index in [2.05, 4.69) is 15.6 Å². The van der Waals surface area contributed by atoms with Crippen molar-refractivity contribution >= 4 is 11.8 Å². The third-order valence-corrected chi connectivity index (χ3v) is 4.36. The largest absolute Gasteiger partial charge is 0.354 e. The quantitative estimate of drug-likeness (QED) is 0.531. The fourth-order valence-corrected chi connectivity index (χ4v) is 2.87. The van der Waals surface area contributed by atoms with E-state index in [1.165, 1.54) is 16.7 Å². The van der Waals surface area contributed by atoms with Crippen LogP contribution in [0.5, 0.6) is 0 Å². The van der Waals surface area contributed by atoms with Crippen molar-refractivity contribution < 1.29 is 14.0 Å². The predicted octanol–water partition coefficient (Wildman–Crippen LogP) is 1.70. The summed E-state index contributed by atoms with van der Waals surface area (Å²) in [4.78, 5) is 38.5. The van der Waals surface area contributed by atoms with Gasteiger partial charge in [-0.05, 0) is 48.9 Å². The topological polar surface area (TPSA) is 96.0 Å². The van der Waals surface area contributed by atoms with Crippen molar-refractivity contribution in [3.8, 4) is 5.69 Å². The summed E-state index contributed by atoms with van der Waals surface area (Å²) in [6.45, 7) is 2.36. The molecule has 7 nitrogen and oxygen atoms in total. The Balaban J connectivity index is 1.45. The van der Waals surface area contributed by atoms with Crippen molar-refractivity contribution in [3.63, 3.8) is 0 Å². The molecule has 2 aromatic carbocycles. The molecule has 1 aromatic heterocycles. The Morgan fingerprint density at radius 2 is 1.66 bits per heavy atom. The van der Waals surface area contributed by atoms with Gasteiger partial charge >= 0.3 is 5.69 Å². The molecule has 0 atom stereocenters. The predicted molar refractivity (Wildman–Crippen MR) is 107 cm³/mol. The van der Waals surface area contributed by atoms with E-state index in [1.807, 2.05) is 6.92 Å². The molecule has 0 bridgehead atoms. The standard InChI is InChI=1S/C21H21FN4O3/c1-14-13-25-21(29)26(14)18-8-4-16(5-9-18)20(28)24-11-10-23-19(27)12-15-2-6-17(22)7-3-15/h2-9,13H,10-12H2,1H3,(H,23,27)(H,24,28)(H,25,29). The first-order valence-corrected chi connectivity index (χ1v) is 9.11. The fraction of sp³-hybridized carbons (Fsp3) is 0.190. The molecule has 0 radical (unpaired) electrons. The van der Waals surface area contributed by atoms with Crippen LogP contribution in [0.3, 0.4) is 0 Å². The minimum atomic E-state index is -0.347. The zero-order valence-electron chi connectivity index (χ0n) is 15.9. The van der Waals surface area contributed by atoms with Gasteiger partial charge in [-0.25, -0.2) is 9.18 Å². The number of amides is 2. The van der Waals surface area contributed by atoms with E-state index >= 15 is 0 Å².